The van der Waals surface area contributed by atoms with Crippen LogP contribution in [-0.2, 0) is 9.53 Å². The first-order valence-electron chi connectivity index (χ1n) is 9.50. The Morgan fingerprint density at radius 3 is 2.52 bits per heavy atom. The van der Waals surface area contributed by atoms with Gasteiger partial charge >= 0.3 is 5.97 Å². The van der Waals surface area contributed by atoms with Crippen LogP contribution in [0.25, 0.3) is 0 Å². The summed E-state index contributed by atoms with van der Waals surface area (Å²) in [5.74, 6) is 1.26. The van der Waals surface area contributed by atoms with Gasteiger partial charge in [-0.25, -0.2) is 0 Å². The lowest BCUT2D eigenvalue weighted by Crippen LogP contribution is -2.56. The van der Waals surface area contributed by atoms with Crippen molar-refractivity contribution in [2.45, 2.75) is 90.0 Å². The number of fused-ring (bicyclic) bond motifs is 3. The van der Waals surface area contributed by atoms with Crippen LogP contribution in [0.1, 0.15) is 79.6 Å². The van der Waals surface area contributed by atoms with E-state index in [1.165, 1.54) is 19.3 Å². The maximum Gasteiger partial charge on any atom is 0.310 e. The third-order valence-electron chi connectivity index (χ3n) is 7.76. The molecule has 2 nitrogen and oxygen atoms in total. The predicted octanol–water partition coefficient (Wildman–Crippen LogP) is 5.72. The molecule has 3 rings (SSSR count). The topological polar surface area (TPSA) is 26.3 Å². The van der Waals surface area contributed by atoms with Gasteiger partial charge in [0.15, 0.2) is 0 Å². The molecule has 1 saturated heterocycles. The molecule has 0 spiro atoms. The van der Waals surface area contributed by atoms with Gasteiger partial charge in [-0.05, 0) is 68.1 Å². The summed E-state index contributed by atoms with van der Waals surface area (Å²) in [7, 11) is 0. The second kappa shape index (κ2) is 5.75. The molecule has 0 aromatic carbocycles. The number of carbonyl (C=O) groups excluding carboxylic acids is 1. The lowest BCUT2D eigenvalue weighted by atomic mass is 9.46. The lowest BCUT2D eigenvalue weighted by molar-refractivity contribution is -0.169. The fraction of sp³-hybridized carbons (Fsp3) is 0.950. The summed E-state index contributed by atoms with van der Waals surface area (Å²) in [5.41, 5.74) is 0.403. The molecule has 0 amide bonds. The van der Waals surface area contributed by atoms with Gasteiger partial charge in [0.25, 0.3) is 0 Å². The molecule has 2 saturated carbocycles. The van der Waals surface area contributed by atoms with Gasteiger partial charge in [0.1, 0.15) is 5.60 Å². The highest BCUT2D eigenvalue weighted by molar-refractivity contribution is 9.09. The minimum Gasteiger partial charge on any atom is -0.459 e. The van der Waals surface area contributed by atoms with Gasteiger partial charge < -0.3 is 4.74 Å². The summed E-state index contributed by atoms with van der Waals surface area (Å²) in [4.78, 5) is 13.2. The zero-order chi connectivity index (χ0) is 17.0. The molecule has 0 bridgehead atoms. The van der Waals surface area contributed by atoms with E-state index in [1.807, 2.05) is 0 Å². The number of hydrogen-bond donors (Lipinski definition) is 0. The first-order valence-corrected chi connectivity index (χ1v) is 10.4. The van der Waals surface area contributed by atoms with Gasteiger partial charge in [0.2, 0.25) is 0 Å². The minimum absolute atomic E-state index is 0.0403. The Morgan fingerprint density at radius 2 is 1.87 bits per heavy atom. The van der Waals surface area contributed by atoms with E-state index in [0.717, 1.165) is 25.7 Å². The predicted molar refractivity (Wildman–Crippen MR) is 97.6 cm³/mol. The molecule has 6 atom stereocenters. The van der Waals surface area contributed by atoms with E-state index in [2.05, 4.69) is 50.5 Å². The van der Waals surface area contributed by atoms with Crippen molar-refractivity contribution in [1.29, 1.82) is 0 Å². The van der Waals surface area contributed by atoms with Crippen molar-refractivity contribution in [2.24, 2.45) is 28.6 Å². The van der Waals surface area contributed by atoms with Crippen LogP contribution < -0.4 is 0 Å². The third kappa shape index (κ3) is 2.79. The molecule has 2 aliphatic carbocycles. The molecule has 1 heterocycles. The van der Waals surface area contributed by atoms with E-state index < -0.39 is 0 Å². The van der Waals surface area contributed by atoms with Gasteiger partial charge in [-0.15, -0.1) is 0 Å². The van der Waals surface area contributed by atoms with Crippen LogP contribution >= 0.6 is 15.9 Å². The number of ether oxygens (including phenoxy) is 1. The van der Waals surface area contributed by atoms with E-state index in [4.69, 9.17) is 4.74 Å². The lowest BCUT2D eigenvalue weighted by Gasteiger charge is -2.59. The fourth-order valence-corrected chi connectivity index (χ4v) is 7.08. The van der Waals surface area contributed by atoms with Crippen LogP contribution in [0.4, 0.5) is 0 Å². The number of esters is 1. The Balaban J connectivity index is 1.99. The Morgan fingerprint density at radius 1 is 1.17 bits per heavy atom. The molecule has 1 aliphatic heterocycles. The molecule has 0 aromatic heterocycles. The zero-order valence-electron chi connectivity index (χ0n) is 15.5. The Hall–Kier alpha value is -0.0500. The largest absolute Gasteiger partial charge is 0.459 e. The van der Waals surface area contributed by atoms with Crippen LogP contribution in [-0.4, -0.2) is 16.4 Å². The van der Waals surface area contributed by atoms with Gasteiger partial charge in [-0.3, -0.25) is 4.79 Å². The van der Waals surface area contributed by atoms with Crippen LogP contribution in [0, 0.1) is 28.6 Å². The van der Waals surface area contributed by atoms with Crippen molar-refractivity contribution < 1.29 is 9.53 Å². The van der Waals surface area contributed by atoms with Crippen molar-refractivity contribution in [2.75, 3.05) is 0 Å². The standard InChI is InChI=1S/C20H33BrO2/c1-6-19(4)11-8-13-16(17(22)23-19)14(21)12-15-18(2,3)9-7-10-20(13,15)5/h13-16H,6-12H2,1-5H3/t13-,14+,15-,16-,19?,20+/m0/s1. The highest BCUT2D eigenvalue weighted by Gasteiger charge is 2.60. The maximum atomic E-state index is 13.0. The maximum absolute atomic E-state index is 13.0. The summed E-state index contributed by atoms with van der Waals surface area (Å²) in [6, 6.07) is 0. The van der Waals surface area contributed by atoms with E-state index in [-0.39, 0.29) is 27.7 Å². The molecule has 3 heteroatoms. The average Bonchev–Trinajstić information content (AvgIpc) is 2.59. The summed E-state index contributed by atoms with van der Waals surface area (Å²) < 4.78 is 6.00. The van der Waals surface area contributed by atoms with Gasteiger partial charge in [-0.2, -0.15) is 0 Å². The second-order valence-corrected chi connectivity index (χ2v) is 10.7. The van der Waals surface area contributed by atoms with E-state index in [9.17, 15) is 4.79 Å². The van der Waals surface area contributed by atoms with Crippen molar-refractivity contribution in [3.8, 4) is 0 Å². The number of halogens is 1. The van der Waals surface area contributed by atoms with Gasteiger partial charge in [0, 0.05) is 4.83 Å². The molecular formula is C20H33BrO2. The molecule has 0 aromatic rings. The molecule has 0 N–H and O–H groups in total. The first-order chi connectivity index (χ1) is 10.6. The SMILES string of the molecule is CCC1(C)CC[C@H]2[C@H](C(=O)O1)[C@H](Br)C[C@H]1C(C)(C)CCC[C@]21C. The quantitative estimate of drug-likeness (QED) is 0.426. The van der Waals surface area contributed by atoms with E-state index in [0.29, 0.717) is 17.3 Å². The highest BCUT2D eigenvalue weighted by atomic mass is 79.9. The van der Waals surface area contributed by atoms with Crippen LogP contribution in [0.15, 0.2) is 0 Å². The normalized spacial score (nSPS) is 49.6. The molecule has 0 radical (unpaired) electrons. The highest BCUT2D eigenvalue weighted by Crippen LogP contribution is 2.64. The van der Waals surface area contributed by atoms with Crippen molar-refractivity contribution in [3.05, 3.63) is 0 Å². The number of alkyl halides is 1. The third-order valence-corrected chi connectivity index (χ3v) is 8.70. The van der Waals surface area contributed by atoms with Gasteiger partial charge in [0.05, 0.1) is 5.92 Å². The minimum atomic E-state index is -0.267. The first kappa shape index (κ1) is 17.8. The summed E-state index contributed by atoms with van der Waals surface area (Å²) in [5, 5.41) is 0. The number of rotatable bonds is 1. The average molecular weight is 385 g/mol. The summed E-state index contributed by atoms with van der Waals surface area (Å²) >= 11 is 3.90. The monoisotopic (exact) mass is 384 g/mol. The molecule has 23 heavy (non-hydrogen) atoms. The zero-order valence-corrected chi connectivity index (χ0v) is 17.0. The van der Waals surface area contributed by atoms with Gasteiger partial charge in [-0.1, -0.05) is 50.0 Å². The molecular weight excluding hydrogens is 352 g/mol. The Bertz CT molecular complexity index is 488. The molecule has 132 valence electrons. The van der Waals surface area contributed by atoms with Crippen LogP contribution in [0.2, 0.25) is 0 Å². The Kier molecular flexibility index (Phi) is 4.44. The number of hydrogen-bond acceptors (Lipinski definition) is 2. The van der Waals surface area contributed by atoms with E-state index in [1.54, 1.807) is 0 Å². The Labute approximate surface area is 150 Å². The molecule has 3 aliphatic rings. The smallest absolute Gasteiger partial charge is 0.310 e. The second-order valence-electron chi connectivity index (χ2n) is 9.55. The number of carbonyl (C=O) groups is 1. The number of cyclic esters (lactones) is 1. The van der Waals surface area contributed by atoms with Crippen LogP contribution in [0.5, 0.6) is 0 Å². The van der Waals surface area contributed by atoms with E-state index >= 15 is 0 Å². The van der Waals surface area contributed by atoms with Crippen molar-refractivity contribution >= 4 is 21.9 Å². The van der Waals surface area contributed by atoms with Crippen molar-refractivity contribution in [1.82, 2.24) is 0 Å². The molecule has 1 unspecified atom stereocenters. The molecule has 3 fully saturated rings. The summed E-state index contributed by atoms with van der Waals surface area (Å²) in [6.07, 6.45) is 8.07. The fourth-order valence-electron chi connectivity index (χ4n) is 6.13. The van der Waals surface area contributed by atoms with Crippen LogP contribution in [0.3, 0.4) is 0 Å². The summed E-state index contributed by atoms with van der Waals surface area (Å²) in [6.45, 7) is 11.6. The van der Waals surface area contributed by atoms with Crippen molar-refractivity contribution in [3.63, 3.8) is 0 Å².